The van der Waals surface area contributed by atoms with Crippen LogP contribution in [0.2, 0.25) is 0 Å². The molecule has 0 bridgehead atoms. The number of hydrogen-bond donors (Lipinski definition) is 1. The van der Waals surface area contributed by atoms with E-state index in [1.54, 1.807) is 23.0 Å². The number of aromatic nitrogens is 6. The van der Waals surface area contributed by atoms with Gasteiger partial charge >= 0.3 is 12.1 Å². The Balaban J connectivity index is 1.65. The van der Waals surface area contributed by atoms with Crippen LogP contribution in [0.5, 0.6) is 0 Å². The number of halogens is 3. The number of nitrogens with zero attached hydrogens (tertiary/aromatic N) is 6. The summed E-state index contributed by atoms with van der Waals surface area (Å²) in [6.45, 7) is 2.14. The van der Waals surface area contributed by atoms with Gasteiger partial charge in [0.1, 0.15) is 0 Å². The van der Waals surface area contributed by atoms with Crippen LogP contribution in [-0.4, -0.2) is 40.6 Å². The molecule has 0 spiro atoms. The zero-order valence-corrected chi connectivity index (χ0v) is 15.6. The SMILES string of the molecule is CCc1c2c(C(=O)O)nccc2nn1Cc1ccn(-c2ccc(C(F)(F)F)cn2)n1. The molecule has 0 atom stereocenters. The predicted molar refractivity (Wildman–Crippen MR) is 99.3 cm³/mol. The minimum Gasteiger partial charge on any atom is -0.476 e. The van der Waals surface area contributed by atoms with Gasteiger partial charge in [0, 0.05) is 24.3 Å². The molecule has 0 aliphatic carbocycles. The molecular formula is C19H15F3N6O2. The van der Waals surface area contributed by atoms with E-state index >= 15 is 0 Å². The highest BCUT2D eigenvalue weighted by Crippen LogP contribution is 2.28. The molecule has 4 aromatic heterocycles. The van der Waals surface area contributed by atoms with Crippen molar-refractivity contribution in [1.29, 1.82) is 0 Å². The van der Waals surface area contributed by atoms with Crippen LogP contribution in [-0.2, 0) is 19.1 Å². The van der Waals surface area contributed by atoms with Gasteiger partial charge in [0.2, 0.25) is 0 Å². The molecule has 4 rings (SSSR count). The number of alkyl halides is 3. The maximum absolute atomic E-state index is 12.7. The average molecular weight is 416 g/mol. The lowest BCUT2D eigenvalue weighted by molar-refractivity contribution is -0.137. The van der Waals surface area contributed by atoms with Crippen molar-refractivity contribution in [2.75, 3.05) is 0 Å². The number of carboxylic acids is 1. The van der Waals surface area contributed by atoms with Gasteiger partial charge in [-0.15, -0.1) is 0 Å². The molecule has 0 amide bonds. The quantitative estimate of drug-likeness (QED) is 0.536. The topological polar surface area (TPSA) is 98.7 Å². The molecule has 30 heavy (non-hydrogen) atoms. The summed E-state index contributed by atoms with van der Waals surface area (Å²) < 4.78 is 41.1. The normalized spacial score (nSPS) is 11.9. The molecule has 0 fully saturated rings. The third-order valence-electron chi connectivity index (χ3n) is 4.56. The van der Waals surface area contributed by atoms with Crippen LogP contribution < -0.4 is 0 Å². The maximum atomic E-state index is 12.7. The Morgan fingerprint density at radius 1 is 1.13 bits per heavy atom. The number of aromatic carboxylic acids is 1. The Kier molecular flexibility index (Phi) is 4.72. The van der Waals surface area contributed by atoms with Crippen LogP contribution in [0.3, 0.4) is 0 Å². The monoisotopic (exact) mass is 416 g/mol. The Morgan fingerprint density at radius 2 is 1.93 bits per heavy atom. The number of fused-ring (bicyclic) bond motifs is 1. The standard InChI is InChI=1S/C19H15F3N6O2/c1-2-14-16-13(5-7-23-17(16)18(29)30)26-28(14)10-12-6-8-27(25-12)15-4-3-11(9-24-15)19(20,21)22/h3-9H,2,10H2,1H3,(H,29,30). The summed E-state index contributed by atoms with van der Waals surface area (Å²) in [4.78, 5) is 19.3. The van der Waals surface area contributed by atoms with Gasteiger partial charge in [0.25, 0.3) is 0 Å². The van der Waals surface area contributed by atoms with Crippen molar-refractivity contribution in [3.63, 3.8) is 0 Å². The zero-order chi connectivity index (χ0) is 21.5. The molecule has 11 heteroatoms. The van der Waals surface area contributed by atoms with E-state index in [4.69, 9.17) is 0 Å². The Morgan fingerprint density at radius 3 is 2.57 bits per heavy atom. The van der Waals surface area contributed by atoms with Crippen LogP contribution in [0.4, 0.5) is 13.2 Å². The van der Waals surface area contributed by atoms with Gasteiger partial charge in [0.15, 0.2) is 11.5 Å². The first kappa shape index (κ1) is 19.6. The molecule has 0 unspecified atom stereocenters. The number of hydrogen-bond acceptors (Lipinski definition) is 5. The molecule has 8 nitrogen and oxygen atoms in total. The molecular weight excluding hydrogens is 401 g/mol. The maximum Gasteiger partial charge on any atom is 0.417 e. The van der Waals surface area contributed by atoms with E-state index < -0.39 is 17.7 Å². The highest BCUT2D eigenvalue weighted by Gasteiger charge is 2.30. The van der Waals surface area contributed by atoms with Gasteiger partial charge in [-0.25, -0.2) is 19.4 Å². The van der Waals surface area contributed by atoms with Crippen molar-refractivity contribution in [1.82, 2.24) is 29.5 Å². The Hall–Kier alpha value is -3.76. The van der Waals surface area contributed by atoms with Crippen LogP contribution in [0, 0.1) is 0 Å². The number of carbonyl (C=O) groups is 1. The van der Waals surface area contributed by atoms with Crippen molar-refractivity contribution in [2.45, 2.75) is 26.1 Å². The largest absolute Gasteiger partial charge is 0.476 e. The van der Waals surface area contributed by atoms with E-state index in [2.05, 4.69) is 20.2 Å². The van der Waals surface area contributed by atoms with Crippen LogP contribution >= 0.6 is 0 Å². The second-order valence-electron chi connectivity index (χ2n) is 6.47. The summed E-state index contributed by atoms with van der Waals surface area (Å²) in [6.07, 6.45) is -0.184. The zero-order valence-electron chi connectivity index (χ0n) is 15.6. The molecule has 0 saturated heterocycles. The Labute approximate surface area is 167 Å². The molecule has 0 radical (unpaired) electrons. The summed E-state index contributed by atoms with van der Waals surface area (Å²) >= 11 is 0. The second-order valence-corrected chi connectivity index (χ2v) is 6.47. The molecule has 4 aromatic rings. The summed E-state index contributed by atoms with van der Waals surface area (Å²) in [5.41, 5.74) is 0.914. The number of carboxylic acid groups (broad SMARTS) is 1. The van der Waals surface area contributed by atoms with Crippen LogP contribution in [0.1, 0.15) is 34.4 Å². The van der Waals surface area contributed by atoms with E-state index in [0.29, 0.717) is 28.7 Å². The minimum absolute atomic E-state index is 0.0601. The van der Waals surface area contributed by atoms with Crippen molar-refractivity contribution < 1.29 is 23.1 Å². The fourth-order valence-corrected chi connectivity index (χ4v) is 3.21. The van der Waals surface area contributed by atoms with Gasteiger partial charge in [-0.05, 0) is 30.7 Å². The van der Waals surface area contributed by atoms with E-state index in [1.165, 1.54) is 16.9 Å². The molecule has 1 N–H and O–H groups in total. The van der Waals surface area contributed by atoms with Gasteiger partial charge in [-0.2, -0.15) is 23.4 Å². The average Bonchev–Trinajstić information content (AvgIpc) is 3.31. The summed E-state index contributed by atoms with van der Waals surface area (Å²) in [7, 11) is 0. The lowest BCUT2D eigenvalue weighted by Crippen LogP contribution is -2.09. The fourth-order valence-electron chi connectivity index (χ4n) is 3.21. The third kappa shape index (κ3) is 3.49. The first-order valence-corrected chi connectivity index (χ1v) is 8.93. The molecule has 0 saturated carbocycles. The van der Waals surface area contributed by atoms with Gasteiger partial charge < -0.3 is 5.11 Å². The van der Waals surface area contributed by atoms with Gasteiger partial charge in [0.05, 0.1) is 28.7 Å². The van der Waals surface area contributed by atoms with Crippen molar-refractivity contribution in [3.05, 3.63) is 65.5 Å². The molecule has 0 aliphatic heterocycles. The summed E-state index contributed by atoms with van der Waals surface area (Å²) in [6, 6.07) is 5.52. The fraction of sp³-hybridized carbons (Fsp3) is 0.211. The second kappa shape index (κ2) is 7.25. The Bertz CT molecular complexity index is 1230. The van der Waals surface area contributed by atoms with E-state index in [0.717, 1.165) is 12.3 Å². The lowest BCUT2D eigenvalue weighted by Gasteiger charge is -2.07. The molecule has 0 aromatic carbocycles. The minimum atomic E-state index is -4.46. The molecule has 154 valence electrons. The van der Waals surface area contributed by atoms with Crippen molar-refractivity contribution >= 4 is 16.9 Å². The first-order chi connectivity index (χ1) is 14.3. The molecule has 4 heterocycles. The lowest BCUT2D eigenvalue weighted by atomic mass is 10.1. The van der Waals surface area contributed by atoms with Crippen LogP contribution in [0.15, 0.2) is 42.9 Å². The highest BCUT2D eigenvalue weighted by atomic mass is 19.4. The number of rotatable bonds is 5. The third-order valence-corrected chi connectivity index (χ3v) is 4.56. The first-order valence-electron chi connectivity index (χ1n) is 8.93. The summed E-state index contributed by atoms with van der Waals surface area (Å²) in [5, 5.41) is 18.7. The smallest absolute Gasteiger partial charge is 0.417 e. The number of pyridine rings is 2. The van der Waals surface area contributed by atoms with E-state index in [9.17, 15) is 23.1 Å². The number of aryl methyl sites for hydroxylation is 1. The summed E-state index contributed by atoms with van der Waals surface area (Å²) in [5.74, 6) is -0.888. The molecule has 0 aliphatic rings. The van der Waals surface area contributed by atoms with E-state index in [-0.39, 0.29) is 18.1 Å². The van der Waals surface area contributed by atoms with Crippen LogP contribution in [0.25, 0.3) is 16.7 Å². The van der Waals surface area contributed by atoms with Gasteiger partial charge in [-0.3, -0.25) is 4.68 Å². The van der Waals surface area contributed by atoms with E-state index in [1.807, 2.05) is 6.92 Å². The highest BCUT2D eigenvalue weighted by molar-refractivity contribution is 6.01. The van der Waals surface area contributed by atoms with Crippen molar-refractivity contribution in [2.24, 2.45) is 0 Å². The van der Waals surface area contributed by atoms with Gasteiger partial charge in [-0.1, -0.05) is 6.92 Å². The predicted octanol–water partition coefficient (Wildman–Crippen LogP) is 3.34. The van der Waals surface area contributed by atoms with Crippen molar-refractivity contribution in [3.8, 4) is 5.82 Å².